The summed E-state index contributed by atoms with van der Waals surface area (Å²) in [7, 11) is 0. The molecule has 7 nitrogen and oxygen atoms in total. The molecule has 1 amide bonds. The van der Waals surface area contributed by atoms with Crippen molar-refractivity contribution in [3.8, 4) is 0 Å². The monoisotopic (exact) mass is 390 g/mol. The molecule has 7 heteroatoms. The van der Waals surface area contributed by atoms with Crippen LogP contribution in [-0.4, -0.2) is 16.2 Å². The Morgan fingerprint density at radius 2 is 1.90 bits per heavy atom. The number of fused-ring (bicyclic) bond motifs is 1. The van der Waals surface area contributed by atoms with E-state index in [0.717, 1.165) is 5.56 Å². The standard InChI is InChI=1S/C22H18N2O5/c1-14-18-12-16(9-10-17(18)20(25)29-24-14)23-21(26)22(27,19-8-5-11-28-19)13-15-6-3-2-4-7-15/h2-12,27H,13H2,1H3,(H,23,26). The summed E-state index contributed by atoms with van der Waals surface area (Å²) in [5.74, 6) is -0.512. The lowest BCUT2D eigenvalue weighted by atomic mass is 9.90. The smallest absolute Gasteiger partial charge is 0.366 e. The molecule has 2 aromatic heterocycles. The van der Waals surface area contributed by atoms with Crippen molar-refractivity contribution in [2.45, 2.75) is 18.9 Å². The normalized spacial score (nSPS) is 13.2. The molecular weight excluding hydrogens is 372 g/mol. The Bertz CT molecular complexity index is 1220. The number of amides is 1. The number of aromatic nitrogens is 1. The van der Waals surface area contributed by atoms with Crippen molar-refractivity contribution in [2.75, 3.05) is 5.32 Å². The number of aliphatic hydroxyl groups is 1. The van der Waals surface area contributed by atoms with E-state index in [1.807, 2.05) is 30.3 Å². The Labute approximate surface area is 165 Å². The molecule has 0 aliphatic carbocycles. The van der Waals surface area contributed by atoms with Crippen LogP contribution in [0.5, 0.6) is 0 Å². The van der Waals surface area contributed by atoms with E-state index in [1.165, 1.54) is 6.26 Å². The summed E-state index contributed by atoms with van der Waals surface area (Å²) in [4.78, 5) is 24.9. The lowest BCUT2D eigenvalue weighted by molar-refractivity contribution is -0.136. The van der Waals surface area contributed by atoms with Gasteiger partial charge in [0.05, 0.1) is 17.3 Å². The first-order valence-electron chi connectivity index (χ1n) is 8.99. The highest BCUT2D eigenvalue weighted by atomic mass is 16.5. The van der Waals surface area contributed by atoms with Crippen molar-refractivity contribution in [3.05, 3.63) is 94.4 Å². The minimum atomic E-state index is -1.91. The van der Waals surface area contributed by atoms with E-state index in [-0.39, 0.29) is 12.2 Å². The molecule has 0 aliphatic heterocycles. The Morgan fingerprint density at radius 1 is 1.10 bits per heavy atom. The average molecular weight is 390 g/mol. The lowest BCUT2D eigenvalue weighted by Gasteiger charge is -2.25. The second-order valence-corrected chi connectivity index (χ2v) is 6.77. The van der Waals surface area contributed by atoms with Gasteiger partial charge in [-0.15, -0.1) is 0 Å². The first-order chi connectivity index (χ1) is 14.0. The van der Waals surface area contributed by atoms with Crippen molar-refractivity contribution in [1.29, 1.82) is 0 Å². The van der Waals surface area contributed by atoms with Gasteiger partial charge < -0.3 is 19.4 Å². The van der Waals surface area contributed by atoms with Crippen LogP contribution >= 0.6 is 0 Å². The van der Waals surface area contributed by atoms with Crippen LogP contribution in [0.3, 0.4) is 0 Å². The van der Waals surface area contributed by atoms with E-state index >= 15 is 0 Å². The molecule has 0 aliphatic rings. The summed E-state index contributed by atoms with van der Waals surface area (Å²) >= 11 is 0. The molecule has 0 saturated heterocycles. The maximum atomic E-state index is 13.1. The van der Waals surface area contributed by atoms with Crippen molar-refractivity contribution in [1.82, 2.24) is 5.16 Å². The summed E-state index contributed by atoms with van der Waals surface area (Å²) in [5.41, 5.74) is -0.766. The Morgan fingerprint density at radius 3 is 2.62 bits per heavy atom. The van der Waals surface area contributed by atoms with Crippen LogP contribution in [-0.2, 0) is 16.8 Å². The highest BCUT2D eigenvalue weighted by Gasteiger charge is 2.41. The van der Waals surface area contributed by atoms with Gasteiger partial charge in [-0.25, -0.2) is 4.79 Å². The summed E-state index contributed by atoms with van der Waals surface area (Å²) in [6, 6.07) is 17.1. The van der Waals surface area contributed by atoms with Gasteiger partial charge >= 0.3 is 5.63 Å². The molecular formula is C22H18N2O5. The van der Waals surface area contributed by atoms with Gasteiger partial charge in [0.1, 0.15) is 5.76 Å². The maximum absolute atomic E-state index is 13.1. The maximum Gasteiger partial charge on any atom is 0.366 e. The van der Waals surface area contributed by atoms with E-state index in [4.69, 9.17) is 8.94 Å². The molecule has 0 saturated carbocycles. The average Bonchev–Trinajstić information content (AvgIpc) is 3.27. The number of benzene rings is 2. The van der Waals surface area contributed by atoms with Gasteiger partial charge in [-0.1, -0.05) is 35.5 Å². The third kappa shape index (κ3) is 3.55. The number of hydrogen-bond donors (Lipinski definition) is 2. The molecule has 146 valence electrons. The predicted octanol–water partition coefficient (Wildman–Crippen LogP) is 3.16. The fraction of sp³-hybridized carbons (Fsp3) is 0.136. The number of aryl methyl sites for hydroxylation is 1. The van der Waals surface area contributed by atoms with Gasteiger partial charge in [0, 0.05) is 17.5 Å². The van der Waals surface area contributed by atoms with Gasteiger partial charge in [-0.2, -0.15) is 0 Å². The van der Waals surface area contributed by atoms with Gasteiger partial charge in [0.15, 0.2) is 0 Å². The number of carbonyl (C=O) groups is 1. The summed E-state index contributed by atoms with van der Waals surface area (Å²) in [6.45, 7) is 1.70. The molecule has 4 aromatic rings. The Hall–Kier alpha value is -3.71. The van der Waals surface area contributed by atoms with Crippen molar-refractivity contribution in [3.63, 3.8) is 0 Å². The van der Waals surface area contributed by atoms with Crippen molar-refractivity contribution >= 4 is 22.4 Å². The number of anilines is 1. The largest absolute Gasteiger partial charge is 0.466 e. The van der Waals surface area contributed by atoms with E-state index in [2.05, 4.69) is 10.5 Å². The van der Waals surface area contributed by atoms with Gasteiger partial charge in [-0.3, -0.25) is 4.79 Å². The Kier molecular flexibility index (Phi) is 4.74. The topological polar surface area (TPSA) is 106 Å². The highest BCUT2D eigenvalue weighted by Crippen LogP contribution is 2.29. The number of carbonyl (C=O) groups excluding carboxylic acids is 1. The van der Waals surface area contributed by atoms with Crippen LogP contribution < -0.4 is 10.9 Å². The van der Waals surface area contributed by atoms with Gasteiger partial charge in [0.2, 0.25) is 5.60 Å². The zero-order chi connectivity index (χ0) is 20.4. The van der Waals surface area contributed by atoms with Crippen LogP contribution in [0.2, 0.25) is 0 Å². The zero-order valence-electron chi connectivity index (χ0n) is 15.6. The summed E-state index contributed by atoms with van der Waals surface area (Å²) in [6.07, 6.45) is 1.44. The fourth-order valence-corrected chi connectivity index (χ4v) is 3.23. The van der Waals surface area contributed by atoms with Crippen LogP contribution in [0.4, 0.5) is 5.69 Å². The first-order valence-corrected chi connectivity index (χ1v) is 8.99. The van der Waals surface area contributed by atoms with Crippen LogP contribution in [0.1, 0.15) is 17.0 Å². The number of hydrogen-bond acceptors (Lipinski definition) is 6. The molecule has 2 heterocycles. The summed E-state index contributed by atoms with van der Waals surface area (Å²) < 4.78 is 10.1. The number of furan rings is 1. The number of nitrogens with zero attached hydrogens (tertiary/aromatic N) is 1. The van der Waals surface area contributed by atoms with Crippen LogP contribution in [0, 0.1) is 6.92 Å². The van der Waals surface area contributed by atoms with E-state index in [0.29, 0.717) is 22.2 Å². The fourth-order valence-electron chi connectivity index (χ4n) is 3.23. The minimum Gasteiger partial charge on any atom is -0.466 e. The minimum absolute atomic E-state index is 0.0327. The molecule has 0 radical (unpaired) electrons. The molecule has 1 atom stereocenters. The van der Waals surface area contributed by atoms with Crippen LogP contribution in [0.15, 0.2) is 80.7 Å². The predicted molar refractivity (Wildman–Crippen MR) is 106 cm³/mol. The quantitative estimate of drug-likeness (QED) is 0.542. The molecule has 4 rings (SSSR count). The number of nitrogens with one attached hydrogen (secondary N) is 1. The van der Waals surface area contributed by atoms with E-state index in [9.17, 15) is 14.7 Å². The molecule has 0 bridgehead atoms. The third-order valence-corrected chi connectivity index (χ3v) is 4.76. The highest BCUT2D eigenvalue weighted by molar-refractivity contribution is 5.99. The molecule has 29 heavy (non-hydrogen) atoms. The molecule has 2 aromatic carbocycles. The van der Waals surface area contributed by atoms with E-state index < -0.39 is 17.1 Å². The van der Waals surface area contributed by atoms with E-state index in [1.54, 1.807) is 37.3 Å². The van der Waals surface area contributed by atoms with Crippen molar-refractivity contribution in [2.24, 2.45) is 0 Å². The Balaban J connectivity index is 1.69. The molecule has 2 N–H and O–H groups in total. The third-order valence-electron chi connectivity index (χ3n) is 4.76. The SMILES string of the molecule is Cc1noc(=O)c2ccc(NC(=O)C(O)(Cc3ccccc3)c3ccco3)cc12. The molecule has 0 spiro atoms. The second kappa shape index (κ2) is 7.37. The first kappa shape index (κ1) is 18.6. The van der Waals surface area contributed by atoms with Crippen LogP contribution in [0.25, 0.3) is 10.8 Å². The molecule has 1 unspecified atom stereocenters. The second-order valence-electron chi connectivity index (χ2n) is 6.77. The van der Waals surface area contributed by atoms with Gasteiger partial charge in [0.25, 0.3) is 5.91 Å². The summed E-state index contributed by atoms with van der Waals surface area (Å²) in [5, 5.41) is 18.6. The molecule has 0 fully saturated rings. The van der Waals surface area contributed by atoms with Gasteiger partial charge in [-0.05, 0) is 42.8 Å². The zero-order valence-corrected chi connectivity index (χ0v) is 15.6. The number of rotatable bonds is 5. The van der Waals surface area contributed by atoms with Crippen molar-refractivity contribution < 1.29 is 18.8 Å². The lowest BCUT2D eigenvalue weighted by Crippen LogP contribution is -2.42.